The number of aldehydes is 1. The molecule has 8 nitrogen and oxygen atoms in total. The standard InChI is InChI=1S/C29H42O8/c1-15(2)21-10-18-11-27(13-30)20-7-6-16(3)19(20)12-28(18,29(21,27)26(31)32)14-35-25-24-23(37-24)22(17(4)36-25)34-9-8-33-5/h10,13,15-20,22-25H,6-9,11-12,14H2,1-5H3,(H,31,32)/t16?,17-,18?,19?,20?,22-,23+,24+,25-,27?,28?,29?/m1/s1. The molecule has 0 radical (unpaired) electrons. The largest absolute Gasteiger partial charge is 0.481 e. The molecule has 2 aliphatic heterocycles. The van der Waals surface area contributed by atoms with E-state index < -0.39 is 28.5 Å². The third-order valence-corrected chi connectivity index (χ3v) is 11.2. The van der Waals surface area contributed by atoms with Crippen LogP contribution >= 0.6 is 0 Å². The lowest BCUT2D eigenvalue weighted by Crippen LogP contribution is -2.64. The van der Waals surface area contributed by atoms with Crippen molar-refractivity contribution >= 4 is 12.3 Å². The number of carboxylic acid groups (broad SMARTS) is 1. The lowest BCUT2D eigenvalue weighted by Gasteiger charge is -2.58. The van der Waals surface area contributed by atoms with Crippen molar-refractivity contribution in [2.45, 2.75) is 84.1 Å². The van der Waals surface area contributed by atoms with Crippen LogP contribution in [0.25, 0.3) is 0 Å². The number of carbonyl (C=O) groups is 2. The van der Waals surface area contributed by atoms with Crippen LogP contribution in [0.3, 0.4) is 0 Å². The van der Waals surface area contributed by atoms with Crippen molar-refractivity contribution in [3.05, 3.63) is 11.6 Å². The Bertz CT molecular complexity index is 977. The molecule has 12 atom stereocenters. The van der Waals surface area contributed by atoms with E-state index in [2.05, 4.69) is 26.8 Å². The highest BCUT2D eigenvalue weighted by Crippen LogP contribution is 2.82. The van der Waals surface area contributed by atoms with Crippen molar-refractivity contribution in [2.24, 2.45) is 45.8 Å². The zero-order chi connectivity index (χ0) is 26.3. The number of methoxy groups -OCH3 is 1. The summed E-state index contributed by atoms with van der Waals surface area (Å²) in [6.45, 7) is 9.58. The van der Waals surface area contributed by atoms with Crippen LogP contribution in [0.1, 0.15) is 53.4 Å². The summed E-state index contributed by atoms with van der Waals surface area (Å²) >= 11 is 0. The van der Waals surface area contributed by atoms with Gasteiger partial charge in [-0.3, -0.25) is 4.79 Å². The molecule has 7 unspecified atom stereocenters. The van der Waals surface area contributed by atoms with Gasteiger partial charge in [0.1, 0.15) is 30.0 Å². The molecule has 4 aliphatic carbocycles. The second-order valence-electron chi connectivity index (χ2n) is 12.9. The summed E-state index contributed by atoms with van der Waals surface area (Å²) in [4.78, 5) is 26.7. The van der Waals surface area contributed by atoms with E-state index in [0.717, 1.165) is 31.1 Å². The van der Waals surface area contributed by atoms with E-state index in [9.17, 15) is 14.7 Å². The highest BCUT2D eigenvalue weighted by atomic mass is 16.8. The normalized spacial score (nSPS) is 51.1. The van der Waals surface area contributed by atoms with Gasteiger partial charge in [-0.25, -0.2) is 0 Å². The average molecular weight is 519 g/mol. The maximum atomic E-state index is 13.6. The zero-order valence-corrected chi connectivity index (χ0v) is 22.7. The van der Waals surface area contributed by atoms with Crippen molar-refractivity contribution in [1.82, 2.24) is 0 Å². The first-order valence-electron chi connectivity index (χ1n) is 14.1. The van der Waals surface area contributed by atoms with E-state index in [-0.39, 0.29) is 48.8 Å². The molecule has 2 heterocycles. The molecule has 0 aromatic carbocycles. The third kappa shape index (κ3) is 3.19. The minimum atomic E-state index is -1.23. The summed E-state index contributed by atoms with van der Waals surface area (Å²) in [6.07, 6.45) is 5.32. The highest BCUT2D eigenvalue weighted by Gasteiger charge is 2.84. The van der Waals surface area contributed by atoms with Crippen LogP contribution in [-0.4, -0.2) is 75.0 Å². The van der Waals surface area contributed by atoms with E-state index in [1.807, 2.05) is 6.92 Å². The van der Waals surface area contributed by atoms with Gasteiger partial charge < -0.3 is 33.6 Å². The molecule has 3 saturated carbocycles. The first-order valence-corrected chi connectivity index (χ1v) is 14.1. The number of carboxylic acids is 1. The van der Waals surface area contributed by atoms with Gasteiger partial charge >= 0.3 is 5.97 Å². The van der Waals surface area contributed by atoms with Crippen LogP contribution in [0.15, 0.2) is 11.6 Å². The first kappa shape index (κ1) is 25.9. The van der Waals surface area contributed by atoms with E-state index in [1.165, 1.54) is 0 Å². The Morgan fingerprint density at radius 2 is 1.95 bits per heavy atom. The van der Waals surface area contributed by atoms with Crippen molar-refractivity contribution in [3.8, 4) is 0 Å². The van der Waals surface area contributed by atoms with Crippen LogP contribution in [-0.2, 0) is 33.3 Å². The summed E-state index contributed by atoms with van der Waals surface area (Å²) in [5.74, 6) is 0.117. The van der Waals surface area contributed by atoms with E-state index in [0.29, 0.717) is 31.5 Å². The summed E-state index contributed by atoms with van der Waals surface area (Å²) in [7, 11) is 1.64. The van der Waals surface area contributed by atoms with Crippen LogP contribution in [0.4, 0.5) is 0 Å². The molecular formula is C29H42O8. The molecule has 206 valence electrons. The smallest absolute Gasteiger partial charge is 0.315 e. The number of carbonyl (C=O) groups excluding carboxylic acids is 1. The van der Waals surface area contributed by atoms with Crippen LogP contribution in [0.5, 0.6) is 0 Å². The SMILES string of the molecule is COCCO[C@H]1[C@@H]2O[C@@H]2[C@H](OCC23CC4C(C)CCC4C4(C=O)CC2C=C(C(C)C)C43C(=O)O)O[C@@H]1C. The van der Waals surface area contributed by atoms with Gasteiger partial charge in [0.15, 0.2) is 6.29 Å². The zero-order valence-electron chi connectivity index (χ0n) is 22.7. The third-order valence-electron chi connectivity index (χ3n) is 11.2. The number of hydrogen-bond donors (Lipinski definition) is 1. The summed E-state index contributed by atoms with van der Waals surface area (Å²) in [6, 6.07) is 0. The summed E-state index contributed by atoms with van der Waals surface area (Å²) in [5, 5.41) is 11.1. The maximum Gasteiger partial charge on any atom is 0.315 e. The van der Waals surface area contributed by atoms with Crippen LogP contribution in [0, 0.1) is 45.8 Å². The topological polar surface area (TPSA) is 104 Å². The number of allylic oxidation sites excluding steroid dienone is 1. The molecule has 0 amide bonds. The molecular weight excluding hydrogens is 476 g/mol. The van der Waals surface area contributed by atoms with Crippen molar-refractivity contribution in [3.63, 3.8) is 0 Å². The summed E-state index contributed by atoms with van der Waals surface area (Å²) < 4.78 is 29.8. The Labute approximate surface area is 219 Å². The Balaban J connectivity index is 1.31. The van der Waals surface area contributed by atoms with Gasteiger partial charge in [0.2, 0.25) is 0 Å². The van der Waals surface area contributed by atoms with Gasteiger partial charge in [-0.2, -0.15) is 0 Å². The molecule has 2 saturated heterocycles. The van der Waals surface area contributed by atoms with E-state index in [1.54, 1.807) is 7.11 Å². The van der Waals surface area contributed by atoms with Crippen LogP contribution < -0.4 is 0 Å². The van der Waals surface area contributed by atoms with Gasteiger partial charge in [0.05, 0.1) is 31.3 Å². The first-order chi connectivity index (χ1) is 17.7. The fourth-order valence-corrected chi connectivity index (χ4v) is 9.75. The van der Waals surface area contributed by atoms with Gasteiger partial charge in [-0.05, 0) is 55.8 Å². The van der Waals surface area contributed by atoms with E-state index in [4.69, 9.17) is 23.7 Å². The molecule has 6 rings (SSSR count). The Kier molecular flexibility index (Phi) is 6.20. The Hall–Kier alpha value is -1.32. The van der Waals surface area contributed by atoms with Crippen LogP contribution in [0.2, 0.25) is 0 Å². The number of hydrogen-bond acceptors (Lipinski definition) is 7. The predicted octanol–water partition coefficient (Wildman–Crippen LogP) is 3.47. The van der Waals surface area contributed by atoms with Gasteiger partial charge in [-0.1, -0.05) is 38.8 Å². The second kappa shape index (κ2) is 8.85. The quantitative estimate of drug-likeness (QED) is 0.203. The molecule has 37 heavy (non-hydrogen) atoms. The average Bonchev–Trinajstić information content (AvgIpc) is 3.46. The minimum absolute atomic E-state index is 0.00561. The fourth-order valence-electron chi connectivity index (χ4n) is 9.75. The molecule has 0 spiro atoms. The summed E-state index contributed by atoms with van der Waals surface area (Å²) in [5.41, 5.74) is -1.85. The number of ether oxygens (including phenoxy) is 5. The Morgan fingerprint density at radius 1 is 1.16 bits per heavy atom. The number of rotatable bonds is 10. The second-order valence-corrected chi connectivity index (χ2v) is 12.9. The minimum Gasteiger partial charge on any atom is -0.481 e. The van der Waals surface area contributed by atoms with Gasteiger partial charge in [-0.15, -0.1) is 0 Å². The lowest BCUT2D eigenvalue weighted by molar-refractivity contribution is -0.239. The molecule has 1 N–H and O–H groups in total. The highest BCUT2D eigenvalue weighted by molar-refractivity contribution is 5.90. The Morgan fingerprint density at radius 3 is 2.62 bits per heavy atom. The van der Waals surface area contributed by atoms with Gasteiger partial charge in [0.25, 0.3) is 0 Å². The molecule has 4 bridgehead atoms. The predicted molar refractivity (Wildman–Crippen MR) is 133 cm³/mol. The lowest BCUT2D eigenvalue weighted by atomic mass is 9.43. The van der Waals surface area contributed by atoms with Crippen molar-refractivity contribution < 1.29 is 38.4 Å². The number of fused-ring (bicyclic) bond motifs is 3. The number of aliphatic carboxylic acids is 1. The fraction of sp³-hybridized carbons (Fsp3) is 0.862. The van der Waals surface area contributed by atoms with Gasteiger partial charge in [0, 0.05) is 12.5 Å². The molecule has 8 heteroatoms. The monoisotopic (exact) mass is 518 g/mol. The molecule has 5 fully saturated rings. The molecule has 0 aromatic heterocycles. The van der Waals surface area contributed by atoms with E-state index >= 15 is 0 Å². The maximum absolute atomic E-state index is 13.6. The molecule has 0 aromatic rings. The van der Waals surface area contributed by atoms with Crippen molar-refractivity contribution in [1.29, 1.82) is 0 Å². The number of epoxide rings is 1. The molecule has 6 aliphatic rings. The van der Waals surface area contributed by atoms with Crippen molar-refractivity contribution in [2.75, 3.05) is 26.9 Å².